The zero-order valence-corrected chi connectivity index (χ0v) is 18.9. The van der Waals surface area contributed by atoms with Crippen LogP contribution in [0.15, 0.2) is 78.4 Å². The molecule has 3 aromatic carbocycles. The molecule has 0 amide bonds. The van der Waals surface area contributed by atoms with Gasteiger partial charge in [-0.2, -0.15) is 5.26 Å². The Hall–Kier alpha value is -4.44. The van der Waals surface area contributed by atoms with Crippen LogP contribution in [-0.2, 0) is 9.53 Å². The van der Waals surface area contributed by atoms with E-state index >= 15 is 0 Å². The number of carbonyl (C=O) groups excluding carboxylic acids is 1. The molecule has 0 aromatic heterocycles. The molecule has 0 N–H and O–H groups in total. The van der Waals surface area contributed by atoms with Gasteiger partial charge in [-0.15, -0.1) is 0 Å². The monoisotopic (exact) mass is 444 g/mol. The molecule has 33 heavy (non-hydrogen) atoms. The van der Waals surface area contributed by atoms with Crippen LogP contribution < -0.4 is 19.1 Å². The number of hydrogen-bond acceptors (Lipinski definition) is 7. The van der Waals surface area contributed by atoms with E-state index in [1.54, 1.807) is 55.5 Å². The van der Waals surface area contributed by atoms with Crippen molar-refractivity contribution in [1.29, 1.82) is 5.26 Å². The first-order valence-electron chi connectivity index (χ1n) is 10.0. The van der Waals surface area contributed by atoms with Crippen molar-refractivity contribution >= 4 is 23.0 Å². The van der Waals surface area contributed by atoms with Crippen molar-refractivity contribution in [1.82, 2.24) is 0 Å². The van der Waals surface area contributed by atoms with Gasteiger partial charge in [-0.05, 0) is 36.4 Å². The average Bonchev–Trinajstić information content (AvgIpc) is 2.88. The summed E-state index contributed by atoms with van der Waals surface area (Å²) in [5.41, 5.74) is 1.73. The van der Waals surface area contributed by atoms with E-state index in [2.05, 4.69) is 0 Å². The summed E-state index contributed by atoms with van der Waals surface area (Å²) in [6.45, 7) is 0. The number of nitriles is 1. The maximum absolute atomic E-state index is 12.8. The lowest BCUT2D eigenvalue weighted by Crippen LogP contribution is -2.22. The second kappa shape index (κ2) is 10.7. The van der Waals surface area contributed by atoms with Gasteiger partial charge < -0.3 is 23.8 Å². The number of methoxy groups -OCH3 is 4. The van der Waals surface area contributed by atoms with Crippen molar-refractivity contribution in [2.75, 3.05) is 33.3 Å². The fourth-order valence-electron chi connectivity index (χ4n) is 3.50. The number of rotatable bonds is 8. The Balaban J connectivity index is 2.52. The number of hydrogen-bond donors (Lipinski definition) is 0. The van der Waals surface area contributed by atoms with Crippen molar-refractivity contribution in [2.45, 2.75) is 0 Å². The van der Waals surface area contributed by atoms with Crippen LogP contribution in [0.4, 0.5) is 11.4 Å². The molecule has 0 heterocycles. The highest BCUT2D eigenvalue weighted by Crippen LogP contribution is 2.46. The Kier molecular flexibility index (Phi) is 7.55. The summed E-state index contributed by atoms with van der Waals surface area (Å²) in [7, 11) is 5.86. The predicted octanol–water partition coefficient (Wildman–Crippen LogP) is 4.96. The van der Waals surface area contributed by atoms with Crippen LogP contribution >= 0.6 is 0 Å². The van der Waals surface area contributed by atoms with Gasteiger partial charge in [0.1, 0.15) is 23.3 Å². The van der Waals surface area contributed by atoms with Gasteiger partial charge in [-0.25, -0.2) is 4.79 Å². The summed E-state index contributed by atoms with van der Waals surface area (Å²) in [4.78, 5) is 14.5. The van der Waals surface area contributed by atoms with E-state index in [0.29, 0.717) is 34.2 Å². The first-order chi connectivity index (χ1) is 16.1. The molecule has 0 aliphatic heterocycles. The van der Waals surface area contributed by atoms with Crippen LogP contribution in [-0.4, -0.2) is 34.4 Å². The highest BCUT2D eigenvalue weighted by atomic mass is 16.5. The molecule has 0 radical (unpaired) electrons. The molecular weight excluding hydrogens is 420 g/mol. The van der Waals surface area contributed by atoms with Gasteiger partial charge >= 0.3 is 5.97 Å². The van der Waals surface area contributed by atoms with Gasteiger partial charge in [-0.1, -0.05) is 36.4 Å². The van der Waals surface area contributed by atoms with Crippen molar-refractivity contribution in [2.24, 2.45) is 0 Å². The third-order valence-electron chi connectivity index (χ3n) is 4.98. The predicted molar refractivity (Wildman–Crippen MR) is 126 cm³/mol. The summed E-state index contributed by atoms with van der Waals surface area (Å²) in [5.74, 6) is 0.739. The second-order valence-electron chi connectivity index (χ2n) is 6.71. The highest BCUT2D eigenvalue weighted by molar-refractivity contribution is 6.07. The van der Waals surface area contributed by atoms with Crippen molar-refractivity contribution in [3.8, 4) is 23.3 Å². The minimum atomic E-state index is -0.784. The van der Waals surface area contributed by atoms with E-state index in [9.17, 15) is 10.1 Å². The van der Waals surface area contributed by atoms with Gasteiger partial charge in [0.05, 0.1) is 45.5 Å². The second-order valence-corrected chi connectivity index (χ2v) is 6.71. The zero-order valence-electron chi connectivity index (χ0n) is 18.9. The SMILES string of the molecule is COC(=O)/C(C#N)=C(\c1ccccc1OC)N(c1ccccc1OC)c1ccccc1OC. The highest BCUT2D eigenvalue weighted by Gasteiger charge is 2.30. The lowest BCUT2D eigenvalue weighted by atomic mass is 10.0. The van der Waals surface area contributed by atoms with Gasteiger partial charge in [0.15, 0.2) is 5.57 Å². The fraction of sp³-hybridized carbons (Fsp3) is 0.154. The first kappa shape index (κ1) is 23.2. The van der Waals surface area contributed by atoms with Crippen LogP contribution in [0, 0.1) is 11.3 Å². The molecule has 0 aliphatic carbocycles. The normalized spacial score (nSPS) is 11.0. The summed E-state index contributed by atoms with van der Waals surface area (Å²) in [6, 6.07) is 23.7. The Morgan fingerprint density at radius 2 is 1.18 bits per heavy atom. The summed E-state index contributed by atoms with van der Waals surface area (Å²) < 4.78 is 21.8. The molecule has 0 bridgehead atoms. The molecule has 7 nitrogen and oxygen atoms in total. The summed E-state index contributed by atoms with van der Waals surface area (Å²) in [6.07, 6.45) is 0. The van der Waals surface area contributed by atoms with Gasteiger partial charge in [-0.3, -0.25) is 0 Å². The van der Waals surface area contributed by atoms with Crippen molar-refractivity contribution in [3.63, 3.8) is 0 Å². The Morgan fingerprint density at radius 3 is 1.64 bits per heavy atom. The molecule has 0 aliphatic rings. The molecular formula is C26H24N2O5. The van der Waals surface area contributed by atoms with E-state index in [-0.39, 0.29) is 11.3 Å². The largest absolute Gasteiger partial charge is 0.496 e. The number of carbonyl (C=O) groups is 1. The first-order valence-corrected chi connectivity index (χ1v) is 10.0. The molecule has 168 valence electrons. The minimum Gasteiger partial charge on any atom is -0.496 e. The number of esters is 1. The average molecular weight is 444 g/mol. The third-order valence-corrected chi connectivity index (χ3v) is 4.98. The van der Waals surface area contributed by atoms with E-state index in [1.165, 1.54) is 14.2 Å². The minimum absolute atomic E-state index is 0.209. The lowest BCUT2D eigenvalue weighted by molar-refractivity contribution is -0.135. The summed E-state index contributed by atoms with van der Waals surface area (Å²) >= 11 is 0. The number of anilines is 2. The zero-order chi connectivity index (χ0) is 23.8. The number of benzene rings is 3. The molecule has 0 spiro atoms. The fourth-order valence-corrected chi connectivity index (χ4v) is 3.50. The van der Waals surface area contributed by atoms with Crippen LogP contribution in [0.2, 0.25) is 0 Å². The number of nitrogens with zero attached hydrogens (tertiary/aromatic N) is 2. The molecule has 0 atom stereocenters. The van der Waals surface area contributed by atoms with Crippen molar-refractivity contribution in [3.05, 3.63) is 83.9 Å². The van der Waals surface area contributed by atoms with Gasteiger partial charge in [0.25, 0.3) is 0 Å². The lowest BCUT2D eigenvalue weighted by Gasteiger charge is -2.31. The van der Waals surface area contributed by atoms with Crippen molar-refractivity contribution < 1.29 is 23.7 Å². The smallest absolute Gasteiger partial charge is 0.350 e. The Morgan fingerprint density at radius 1 is 0.727 bits per heavy atom. The van der Waals surface area contributed by atoms with Crippen LogP contribution in [0.5, 0.6) is 17.2 Å². The topological polar surface area (TPSA) is 81.0 Å². The Bertz CT molecular complexity index is 1170. The van der Waals surface area contributed by atoms with E-state index < -0.39 is 5.97 Å². The van der Waals surface area contributed by atoms with Crippen LogP contribution in [0.3, 0.4) is 0 Å². The molecule has 7 heteroatoms. The van der Waals surface area contributed by atoms with Gasteiger partial charge in [0, 0.05) is 5.56 Å². The van der Waals surface area contributed by atoms with E-state index in [0.717, 1.165) is 0 Å². The molecule has 0 saturated heterocycles. The molecule has 0 unspecified atom stereocenters. The standard InChI is InChI=1S/C26H24N2O5/c1-30-22-14-8-5-11-18(22)25(19(17-27)26(29)33-4)28(20-12-6-9-15-23(20)31-2)21-13-7-10-16-24(21)32-3/h5-16H,1-4H3/b25-19+. The van der Waals surface area contributed by atoms with Crippen LogP contribution in [0.25, 0.3) is 5.70 Å². The van der Waals surface area contributed by atoms with Crippen LogP contribution in [0.1, 0.15) is 5.56 Å². The van der Waals surface area contributed by atoms with Gasteiger partial charge in [0.2, 0.25) is 0 Å². The van der Waals surface area contributed by atoms with E-state index in [4.69, 9.17) is 18.9 Å². The number of ether oxygens (including phenoxy) is 4. The van der Waals surface area contributed by atoms with E-state index in [1.807, 2.05) is 42.5 Å². The maximum Gasteiger partial charge on any atom is 0.350 e. The molecule has 0 fully saturated rings. The summed E-state index contributed by atoms with van der Waals surface area (Å²) in [5, 5.41) is 10.1. The number of para-hydroxylation sites is 5. The molecule has 3 rings (SSSR count). The maximum atomic E-state index is 12.8. The Labute approximate surface area is 193 Å². The quantitative estimate of drug-likeness (QED) is 0.276. The molecule has 3 aromatic rings. The molecule has 0 saturated carbocycles. The third kappa shape index (κ3) is 4.60.